The van der Waals surface area contributed by atoms with Crippen LogP contribution in [0, 0.1) is 5.92 Å². The molecule has 5 nitrogen and oxygen atoms in total. The van der Waals surface area contributed by atoms with E-state index in [1.807, 2.05) is 4.90 Å². The summed E-state index contributed by atoms with van der Waals surface area (Å²) in [6, 6.07) is 0.0592. The lowest BCUT2D eigenvalue weighted by molar-refractivity contribution is -0.150. The predicted molar refractivity (Wildman–Crippen MR) is 55.6 cm³/mol. The predicted octanol–water partition coefficient (Wildman–Crippen LogP) is -0.536. The van der Waals surface area contributed by atoms with Gasteiger partial charge >= 0.3 is 0 Å². The van der Waals surface area contributed by atoms with Crippen molar-refractivity contribution in [2.75, 3.05) is 26.7 Å². The molecule has 5 heteroatoms. The van der Waals surface area contributed by atoms with Crippen molar-refractivity contribution in [3.63, 3.8) is 0 Å². The maximum atomic E-state index is 11.9. The van der Waals surface area contributed by atoms with E-state index >= 15 is 0 Å². The molecule has 0 unspecified atom stereocenters. The van der Waals surface area contributed by atoms with E-state index in [1.54, 1.807) is 11.9 Å². The summed E-state index contributed by atoms with van der Waals surface area (Å²) in [5, 5.41) is 0. The van der Waals surface area contributed by atoms with Crippen molar-refractivity contribution in [3.8, 4) is 0 Å². The molecule has 0 spiro atoms. The summed E-state index contributed by atoms with van der Waals surface area (Å²) < 4.78 is 5.48. The van der Waals surface area contributed by atoms with E-state index in [-0.39, 0.29) is 36.5 Å². The van der Waals surface area contributed by atoms with E-state index in [1.165, 1.54) is 0 Å². The highest BCUT2D eigenvalue weighted by molar-refractivity contribution is 5.82. The number of morpholine rings is 1. The maximum absolute atomic E-state index is 11.9. The molecule has 0 bridgehead atoms. The smallest absolute Gasteiger partial charge is 0.248 e. The van der Waals surface area contributed by atoms with Crippen molar-refractivity contribution in [3.05, 3.63) is 0 Å². The molecule has 0 radical (unpaired) electrons. The number of carbonyl (C=O) groups is 2. The third kappa shape index (κ3) is 1.50. The van der Waals surface area contributed by atoms with Gasteiger partial charge in [-0.2, -0.15) is 0 Å². The lowest BCUT2D eigenvalue weighted by Crippen LogP contribution is -2.51. The van der Waals surface area contributed by atoms with Crippen LogP contribution in [0.5, 0.6) is 0 Å². The summed E-state index contributed by atoms with van der Waals surface area (Å²) in [6.45, 7) is 1.45. The van der Waals surface area contributed by atoms with Gasteiger partial charge < -0.3 is 14.5 Å². The molecule has 2 heterocycles. The van der Waals surface area contributed by atoms with E-state index in [9.17, 15) is 9.59 Å². The normalized spacial score (nSPS) is 34.2. The molecule has 16 heavy (non-hydrogen) atoms. The molecular weight excluding hydrogens is 208 g/mol. The second-order valence-electron chi connectivity index (χ2n) is 4.94. The molecule has 3 rings (SSSR count). The van der Waals surface area contributed by atoms with Gasteiger partial charge in [-0.1, -0.05) is 0 Å². The number of likely N-dealkylation sites (N-methyl/N-ethyl adjacent to an activating group) is 1. The Hall–Kier alpha value is -1.10. The Morgan fingerprint density at radius 3 is 2.81 bits per heavy atom. The van der Waals surface area contributed by atoms with Crippen molar-refractivity contribution in [2.24, 2.45) is 5.92 Å². The van der Waals surface area contributed by atoms with E-state index in [0.29, 0.717) is 13.1 Å². The van der Waals surface area contributed by atoms with Crippen LogP contribution in [0.4, 0.5) is 0 Å². The van der Waals surface area contributed by atoms with Crippen LogP contribution in [0.1, 0.15) is 12.8 Å². The third-order valence-electron chi connectivity index (χ3n) is 3.79. The maximum Gasteiger partial charge on any atom is 0.248 e. The number of hydrogen-bond acceptors (Lipinski definition) is 3. The number of rotatable bonds is 1. The number of amides is 2. The third-order valence-corrected chi connectivity index (χ3v) is 3.79. The van der Waals surface area contributed by atoms with E-state index in [2.05, 4.69) is 0 Å². The van der Waals surface area contributed by atoms with E-state index in [4.69, 9.17) is 4.74 Å². The SMILES string of the molecule is CN1C(=O)CO[C@H]2CN(C(=O)C3CC3)C[C@H]21. The van der Waals surface area contributed by atoms with Gasteiger partial charge in [0.25, 0.3) is 0 Å². The average Bonchev–Trinajstić information content (AvgIpc) is 3.02. The minimum atomic E-state index is 0.0157. The zero-order chi connectivity index (χ0) is 11.3. The molecule has 2 aliphatic heterocycles. The summed E-state index contributed by atoms with van der Waals surface area (Å²) in [5.74, 6) is 0.516. The average molecular weight is 224 g/mol. The van der Waals surface area contributed by atoms with Crippen LogP contribution in [-0.2, 0) is 14.3 Å². The fraction of sp³-hybridized carbons (Fsp3) is 0.818. The van der Waals surface area contributed by atoms with Crippen LogP contribution in [0.15, 0.2) is 0 Å². The molecule has 3 aliphatic rings. The molecular formula is C11H16N2O3. The first-order valence-corrected chi connectivity index (χ1v) is 5.83. The molecule has 2 saturated heterocycles. The number of hydrogen-bond donors (Lipinski definition) is 0. The molecule has 0 N–H and O–H groups in total. The lowest BCUT2D eigenvalue weighted by atomic mass is 10.1. The minimum absolute atomic E-state index is 0.0157. The molecule has 0 aromatic carbocycles. The Morgan fingerprint density at radius 1 is 1.38 bits per heavy atom. The Labute approximate surface area is 94.3 Å². The summed E-state index contributed by atoms with van der Waals surface area (Å²) >= 11 is 0. The number of fused-ring (bicyclic) bond motifs is 1. The molecule has 2 amide bonds. The Balaban J connectivity index is 1.70. The van der Waals surface area contributed by atoms with Crippen LogP contribution in [-0.4, -0.2) is 60.5 Å². The van der Waals surface area contributed by atoms with Gasteiger partial charge in [-0.05, 0) is 12.8 Å². The molecule has 88 valence electrons. The number of likely N-dealkylation sites (tertiary alicyclic amines) is 1. The molecule has 1 aliphatic carbocycles. The molecule has 2 atom stereocenters. The standard InChI is InChI=1S/C11H16N2O3/c1-12-8-4-13(11(15)7-2-3-7)5-9(8)16-6-10(12)14/h7-9H,2-6H2,1H3/t8-,9+/m1/s1. The zero-order valence-electron chi connectivity index (χ0n) is 9.39. The minimum Gasteiger partial charge on any atom is -0.364 e. The van der Waals surface area contributed by atoms with Crippen LogP contribution >= 0.6 is 0 Å². The van der Waals surface area contributed by atoms with Gasteiger partial charge in [0, 0.05) is 26.1 Å². The van der Waals surface area contributed by atoms with Gasteiger partial charge in [0.05, 0.1) is 12.1 Å². The van der Waals surface area contributed by atoms with Crippen molar-refractivity contribution >= 4 is 11.8 Å². The Bertz CT molecular complexity index is 340. The number of carbonyl (C=O) groups excluding carboxylic acids is 2. The van der Waals surface area contributed by atoms with Gasteiger partial charge in [-0.25, -0.2) is 0 Å². The Kier molecular flexibility index (Phi) is 2.17. The fourth-order valence-corrected chi connectivity index (χ4v) is 2.53. The van der Waals surface area contributed by atoms with Gasteiger partial charge in [0.15, 0.2) is 0 Å². The second-order valence-corrected chi connectivity index (χ2v) is 4.94. The summed E-state index contributed by atoms with van der Waals surface area (Å²) in [4.78, 5) is 27.0. The van der Waals surface area contributed by atoms with Crippen molar-refractivity contribution in [2.45, 2.75) is 25.0 Å². The van der Waals surface area contributed by atoms with Crippen LogP contribution in [0.2, 0.25) is 0 Å². The van der Waals surface area contributed by atoms with Crippen LogP contribution in [0.3, 0.4) is 0 Å². The summed E-state index contributed by atoms with van der Waals surface area (Å²) in [7, 11) is 1.80. The quantitative estimate of drug-likeness (QED) is 0.601. The van der Waals surface area contributed by atoms with Gasteiger partial charge in [-0.3, -0.25) is 9.59 Å². The topological polar surface area (TPSA) is 49.9 Å². The number of ether oxygens (including phenoxy) is 1. The molecule has 3 fully saturated rings. The lowest BCUT2D eigenvalue weighted by Gasteiger charge is -2.33. The second kappa shape index (κ2) is 3.45. The Morgan fingerprint density at radius 2 is 2.12 bits per heavy atom. The highest BCUT2D eigenvalue weighted by Crippen LogP contribution is 2.33. The first-order valence-electron chi connectivity index (χ1n) is 5.83. The highest BCUT2D eigenvalue weighted by atomic mass is 16.5. The first-order chi connectivity index (χ1) is 7.66. The van der Waals surface area contributed by atoms with Gasteiger partial charge in [-0.15, -0.1) is 0 Å². The zero-order valence-corrected chi connectivity index (χ0v) is 9.39. The fourth-order valence-electron chi connectivity index (χ4n) is 2.53. The number of nitrogens with zero attached hydrogens (tertiary/aromatic N) is 2. The van der Waals surface area contributed by atoms with Crippen molar-refractivity contribution < 1.29 is 14.3 Å². The van der Waals surface area contributed by atoms with E-state index in [0.717, 1.165) is 12.8 Å². The monoisotopic (exact) mass is 224 g/mol. The van der Waals surface area contributed by atoms with Crippen molar-refractivity contribution in [1.29, 1.82) is 0 Å². The van der Waals surface area contributed by atoms with Crippen LogP contribution < -0.4 is 0 Å². The van der Waals surface area contributed by atoms with Gasteiger partial charge in [0.1, 0.15) is 6.61 Å². The largest absolute Gasteiger partial charge is 0.364 e. The molecule has 1 saturated carbocycles. The molecule has 0 aromatic heterocycles. The highest BCUT2D eigenvalue weighted by Gasteiger charge is 2.45. The molecule has 0 aromatic rings. The van der Waals surface area contributed by atoms with Crippen LogP contribution in [0.25, 0.3) is 0 Å². The summed E-state index contributed by atoms with van der Waals surface area (Å²) in [6.07, 6.45) is 2.08. The van der Waals surface area contributed by atoms with E-state index < -0.39 is 0 Å². The van der Waals surface area contributed by atoms with Crippen molar-refractivity contribution in [1.82, 2.24) is 9.80 Å². The summed E-state index contributed by atoms with van der Waals surface area (Å²) in [5.41, 5.74) is 0. The van der Waals surface area contributed by atoms with Gasteiger partial charge in [0.2, 0.25) is 11.8 Å². The first kappa shape index (κ1) is 10.1.